The number of hydrogen-bond donors (Lipinski definition) is 1. The Labute approximate surface area is 130 Å². The third kappa shape index (κ3) is 3.15. The second kappa shape index (κ2) is 6.31. The Morgan fingerprint density at radius 2 is 1.70 bits per heavy atom. The van der Waals surface area contributed by atoms with E-state index >= 15 is 0 Å². The summed E-state index contributed by atoms with van der Waals surface area (Å²) in [7, 11) is 0. The van der Waals surface area contributed by atoms with Gasteiger partial charge in [0.2, 0.25) is 0 Å². The molecule has 104 valence electrons. The van der Waals surface area contributed by atoms with Crippen LogP contribution in [0.5, 0.6) is 0 Å². The summed E-state index contributed by atoms with van der Waals surface area (Å²) in [5.74, 6) is 0. The maximum absolute atomic E-state index is 10.9. The van der Waals surface area contributed by atoms with Crippen LogP contribution in [0.1, 0.15) is 5.56 Å². The van der Waals surface area contributed by atoms with Gasteiger partial charge < -0.3 is 5.32 Å². The lowest BCUT2D eigenvalue weighted by molar-refractivity contribution is -0.384. The van der Waals surface area contributed by atoms with Gasteiger partial charge in [0, 0.05) is 23.2 Å². The van der Waals surface area contributed by atoms with Gasteiger partial charge in [-0.05, 0) is 18.2 Å². The fourth-order valence-electron chi connectivity index (χ4n) is 1.70. The number of nitro benzene ring substituents is 1. The second-order valence-corrected chi connectivity index (χ2v) is 5.14. The van der Waals surface area contributed by atoms with Crippen molar-refractivity contribution in [3.8, 4) is 0 Å². The van der Waals surface area contributed by atoms with Crippen molar-refractivity contribution in [1.29, 1.82) is 0 Å². The average molecular weight is 332 g/mol. The van der Waals surface area contributed by atoms with Gasteiger partial charge in [0.1, 0.15) is 5.69 Å². The summed E-state index contributed by atoms with van der Waals surface area (Å²) in [5, 5.41) is 15.0. The van der Waals surface area contributed by atoms with Crippen molar-refractivity contribution < 1.29 is 4.92 Å². The Morgan fingerprint density at radius 1 is 1.05 bits per heavy atom. The molecule has 7 heteroatoms. The molecule has 0 amide bonds. The monoisotopic (exact) mass is 330 g/mol. The van der Waals surface area contributed by atoms with Gasteiger partial charge in [0.05, 0.1) is 15.0 Å². The molecular formula is C13H9Cl3N2O2. The highest BCUT2D eigenvalue weighted by molar-refractivity contribution is 6.44. The number of hydrogen-bond acceptors (Lipinski definition) is 3. The van der Waals surface area contributed by atoms with Gasteiger partial charge in [-0.1, -0.05) is 46.9 Å². The van der Waals surface area contributed by atoms with E-state index in [-0.39, 0.29) is 12.2 Å². The van der Waals surface area contributed by atoms with Crippen LogP contribution in [0.4, 0.5) is 11.4 Å². The van der Waals surface area contributed by atoms with Crippen molar-refractivity contribution in [3.05, 3.63) is 67.1 Å². The lowest BCUT2D eigenvalue weighted by atomic mass is 10.2. The molecule has 0 saturated heterocycles. The van der Waals surface area contributed by atoms with E-state index in [2.05, 4.69) is 5.32 Å². The van der Waals surface area contributed by atoms with Gasteiger partial charge in [0.15, 0.2) is 0 Å². The minimum atomic E-state index is -0.455. The highest BCUT2D eigenvalue weighted by Gasteiger charge is 2.14. The lowest BCUT2D eigenvalue weighted by Crippen LogP contribution is -2.03. The minimum absolute atomic E-state index is 0.0122. The van der Waals surface area contributed by atoms with Crippen molar-refractivity contribution in [2.24, 2.45) is 0 Å². The summed E-state index contributed by atoms with van der Waals surface area (Å²) >= 11 is 18.1. The highest BCUT2D eigenvalue weighted by atomic mass is 35.5. The highest BCUT2D eigenvalue weighted by Crippen LogP contribution is 2.32. The Kier molecular flexibility index (Phi) is 4.70. The molecule has 0 bridgehead atoms. The molecule has 2 aromatic rings. The number of anilines is 1. The first-order chi connectivity index (χ1) is 9.50. The van der Waals surface area contributed by atoms with E-state index in [1.807, 2.05) is 0 Å². The molecule has 0 atom stereocenters. The fourth-order valence-corrected chi connectivity index (χ4v) is 2.38. The van der Waals surface area contributed by atoms with Crippen LogP contribution in [0.2, 0.25) is 15.1 Å². The van der Waals surface area contributed by atoms with E-state index in [0.717, 1.165) is 0 Å². The zero-order valence-corrected chi connectivity index (χ0v) is 12.3. The lowest BCUT2D eigenvalue weighted by Gasteiger charge is -2.11. The number of benzene rings is 2. The van der Waals surface area contributed by atoms with Crippen LogP contribution in [0.3, 0.4) is 0 Å². The molecule has 0 aliphatic rings. The van der Waals surface area contributed by atoms with Crippen LogP contribution in [-0.2, 0) is 6.54 Å². The number of para-hydroxylation sites is 2. The number of nitrogens with zero attached hydrogens (tertiary/aromatic N) is 1. The maximum Gasteiger partial charge on any atom is 0.292 e. The molecule has 0 fully saturated rings. The van der Waals surface area contributed by atoms with Gasteiger partial charge in [-0.3, -0.25) is 10.1 Å². The standard InChI is InChI=1S/C13H9Cl3N2O2/c14-9-5-6-10(15)13(16)8(9)7-17-11-3-1-2-4-12(11)18(19)20/h1-6,17H,7H2. The van der Waals surface area contributed by atoms with Crippen LogP contribution in [0.15, 0.2) is 36.4 Å². The minimum Gasteiger partial charge on any atom is -0.375 e. The molecule has 0 aliphatic heterocycles. The summed E-state index contributed by atoms with van der Waals surface area (Å²) in [4.78, 5) is 10.5. The number of rotatable bonds is 4. The molecule has 0 spiro atoms. The molecule has 2 aromatic carbocycles. The molecule has 0 unspecified atom stereocenters. The van der Waals surface area contributed by atoms with Crippen LogP contribution in [-0.4, -0.2) is 4.92 Å². The molecule has 20 heavy (non-hydrogen) atoms. The number of nitrogens with one attached hydrogen (secondary N) is 1. The topological polar surface area (TPSA) is 55.2 Å². The van der Waals surface area contributed by atoms with Crippen LogP contribution in [0, 0.1) is 10.1 Å². The van der Waals surface area contributed by atoms with Crippen molar-refractivity contribution in [3.63, 3.8) is 0 Å². The first-order valence-electron chi connectivity index (χ1n) is 5.60. The molecule has 0 radical (unpaired) electrons. The SMILES string of the molecule is O=[N+]([O-])c1ccccc1NCc1c(Cl)ccc(Cl)c1Cl. The van der Waals surface area contributed by atoms with Gasteiger partial charge >= 0.3 is 0 Å². The zero-order valence-electron chi connectivity index (χ0n) is 10.1. The first kappa shape index (κ1) is 14.9. The third-order valence-electron chi connectivity index (χ3n) is 2.70. The molecule has 2 rings (SSSR count). The summed E-state index contributed by atoms with van der Waals surface area (Å²) in [6.07, 6.45) is 0. The average Bonchev–Trinajstić information content (AvgIpc) is 2.43. The van der Waals surface area contributed by atoms with Crippen LogP contribution < -0.4 is 5.32 Å². The van der Waals surface area contributed by atoms with Gasteiger partial charge in [-0.2, -0.15) is 0 Å². The van der Waals surface area contributed by atoms with Gasteiger partial charge in [-0.25, -0.2) is 0 Å². The predicted molar refractivity (Wildman–Crippen MR) is 81.9 cm³/mol. The zero-order chi connectivity index (χ0) is 14.7. The molecule has 0 heterocycles. The van der Waals surface area contributed by atoms with E-state index in [1.165, 1.54) is 6.07 Å². The smallest absolute Gasteiger partial charge is 0.292 e. The summed E-state index contributed by atoms with van der Waals surface area (Å²) in [5.41, 5.74) is 0.977. The summed E-state index contributed by atoms with van der Waals surface area (Å²) in [6.45, 7) is 0.239. The maximum atomic E-state index is 10.9. The van der Waals surface area contributed by atoms with E-state index in [1.54, 1.807) is 30.3 Å². The predicted octanol–water partition coefficient (Wildman–Crippen LogP) is 5.17. The molecular weight excluding hydrogens is 323 g/mol. The number of halogens is 3. The summed E-state index contributed by atoms with van der Waals surface area (Å²) < 4.78 is 0. The Morgan fingerprint density at radius 3 is 2.40 bits per heavy atom. The van der Waals surface area contributed by atoms with Crippen LogP contribution >= 0.6 is 34.8 Å². The Balaban J connectivity index is 2.26. The molecule has 0 aromatic heterocycles. The fraction of sp³-hybridized carbons (Fsp3) is 0.0769. The molecule has 0 saturated carbocycles. The molecule has 1 N–H and O–H groups in total. The molecule has 4 nitrogen and oxygen atoms in total. The van der Waals surface area contributed by atoms with Crippen molar-refractivity contribution in [2.45, 2.75) is 6.54 Å². The third-order valence-corrected chi connectivity index (χ3v) is 3.89. The van der Waals surface area contributed by atoms with Crippen molar-refractivity contribution in [1.82, 2.24) is 0 Å². The van der Waals surface area contributed by atoms with Crippen LogP contribution in [0.25, 0.3) is 0 Å². The van der Waals surface area contributed by atoms with Crippen molar-refractivity contribution >= 4 is 46.2 Å². The first-order valence-corrected chi connectivity index (χ1v) is 6.73. The summed E-state index contributed by atoms with van der Waals surface area (Å²) in [6, 6.07) is 9.57. The van der Waals surface area contributed by atoms with Gasteiger partial charge in [0.25, 0.3) is 5.69 Å². The largest absolute Gasteiger partial charge is 0.375 e. The second-order valence-electron chi connectivity index (χ2n) is 3.95. The van der Waals surface area contributed by atoms with E-state index in [0.29, 0.717) is 26.3 Å². The van der Waals surface area contributed by atoms with E-state index in [9.17, 15) is 10.1 Å². The van der Waals surface area contributed by atoms with E-state index in [4.69, 9.17) is 34.8 Å². The Bertz CT molecular complexity index is 662. The van der Waals surface area contributed by atoms with Gasteiger partial charge in [-0.15, -0.1) is 0 Å². The Hall–Kier alpha value is -1.49. The van der Waals surface area contributed by atoms with E-state index < -0.39 is 4.92 Å². The quantitative estimate of drug-likeness (QED) is 0.478. The number of nitro groups is 1. The normalized spacial score (nSPS) is 10.3. The molecule has 0 aliphatic carbocycles. The van der Waals surface area contributed by atoms with Crippen molar-refractivity contribution in [2.75, 3.05) is 5.32 Å².